The van der Waals surface area contributed by atoms with E-state index in [1.165, 1.54) is 0 Å². The molecule has 1 aliphatic rings. The summed E-state index contributed by atoms with van der Waals surface area (Å²) in [5, 5.41) is 21.8. The lowest BCUT2D eigenvalue weighted by Gasteiger charge is -2.33. The van der Waals surface area contributed by atoms with Crippen LogP contribution < -0.4 is 0 Å². The first-order valence-electron chi connectivity index (χ1n) is 3.68. The van der Waals surface area contributed by atoms with Crippen LogP contribution in [0.15, 0.2) is 5.11 Å². The molecule has 4 atom stereocenters. The molecule has 0 bridgehead atoms. The predicted molar refractivity (Wildman–Crippen MR) is 40.4 cm³/mol. The lowest BCUT2D eigenvalue weighted by atomic mass is 9.99. The van der Waals surface area contributed by atoms with Gasteiger partial charge in [-0.2, -0.15) is 0 Å². The molecule has 0 aromatic rings. The zero-order valence-corrected chi connectivity index (χ0v) is 6.66. The average molecular weight is 173 g/mol. The van der Waals surface area contributed by atoms with E-state index in [2.05, 4.69) is 10.0 Å². The Bertz CT molecular complexity index is 204. The zero-order chi connectivity index (χ0) is 9.14. The summed E-state index contributed by atoms with van der Waals surface area (Å²) in [7, 11) is 0. The molecule has 0 aliphatic carbocycles. The van der Waals surface area contributed by atoms with Crippen molar-refractivity contribution in [3.63, 3.8) is 0 Å². The summed E-state index contributed by atoms with van der Waals surface area (Å²) in [6.45, 7) is 1.77. The van der Waals surface area contributed by atoms with Crippen LogP contribution in [0.5, 0.6) is 0 Å². The van der Waals surface area contributed by atoms with Crippen molar-refractivity contribution >= 4 is 0 Å². The van der Waals surface area contributed by atoms with Gasteiger partial charge in [-0.3, -0.25) is 0 Å². The Labute approximate surface area is 69.4 Å². The third kappa shape index (κ3) is 1.67. The van der Waals surface area contributed by atoms with Crippen molar-refractivity contribution in [2.75, 3.05) is 6.61 Å². The maximum atomic E-state index is 9.34. The number of nitrogens with zero attached hydrogens (tertiary/aromatic N) is 3. The number of hydrogen-bond donors (Lipinski definition) is 2. The van der Waals surface area contributed by atoms with E-state index in [0.29, 0.717) is 0 Å². The molecule has 0 saturated carbocycles. The monoisotopic (exact) mass is 173 g/mol. The minimum absolute atomic E-state index is 0.0831. The van der Waals surface area contributed by atoms with Gasteiger partial charge in [-0.1, -0.05) is 5.11 Å². The summed E-state index contributed by atoms with van der Waals surface area (Å²) >= 11 is 0. The van der Waals surface area contributed by atoms with Gasteiger partial charge < -0.3 is 14.9 Å². The molecule has 1 aliphatic heterocycles. The Kier molecular flexibility index (Phi) is 2.88. The number of hydrogen-bond acceptors (Lipinski definition) is 4. The minimum Gasteiger partial charge on any atom is -0.390 e. The van der Waals surface area contributed by atoms with Crippen molar-refractivity contribution in [1.82, 2.24) is 0 Å². The zero-order valence-electron chi connectivity index (χ0n) is 6.66. The molecule has 0 spiro atoms. The molecule has 1 saturated heterocycles. The number of ether oxygens (including phenoxy) is 1. The van der Waals surface area contributed by atoms with E-state index in [1.54, 1.807) is 6.92 Å². The van der Waals surface area contributed by atoms with Gasteiger partial charge in [0.25, 0.3) is 0 Å². The first-order chi connectivity index (χ1) is 5.66. The molecule has 1 fully saturated rings. The van der Waals surface area contributed by atoms with Crippen LogP contribution in [0.3, 0.4) is 0 Å². The molecule has 1 heterocycles. The second-order valence-electron chi connectivity index (χ2n) is 2.79. The number of aliphatic hydroxyl groups is 2. The molecule has 0 amide bonds. The standard InChI is InChI=1S/C6H11N3O3/c1-3-5(8-9-7)6(11)4(10)2-12-3/h3-6,10-11H,2H2,1H3/t3-,4-,5-,6-/m1/s1. The summed E-state index contributed by atoms with van der Waals surface area (Å²) < 4.78 is 5.05. The van der Waals surface area contributed by atoms with Gasteiger partial charge in [0.2, 0.25) is 0 Å². The Morgan fingerprint density at radius 2 is 2.25 bits per heavy atom. The SMILES string of the molecule is C[C@H]1OC[C@@H](O)[C@@H](O)[C@@H]1N=[N+]=[N-]. The van der Waals surface area contributed by atoms with E-state index in [9.17, 15) is 5.11 Å². The van der Waals surface area contributed by atoms with Crippen LogP contribution in [0.4, 0.5) is 0 Å². The van der Waals surface area contributed by atoms with Crippen LogP contribution in [0.1, 0.15) is 6.92 Å². The van der Waals surface area contributed by atoms with E-state index in [0.717, 1.165) is 0 Å². The van der Waals surface area contributed by atoms with Crippen LogP contribution in [0.2, 0.25) is 0 Å². The fourth-order valence-corrected chi connectivity index (χ4v) is 1.17. The first-order valence-corrected chi connectivity index (χ1v) is 3.68. The van der Waals surface area contributed by atoms with Gasteiger partial charge in [0.05, 0.1) is 24.9 Å². The number of rotatable bonds is 1. The molecular formula is C6H11N3O3. The highest BCUT2D eigenvalue weighted by molar-refractivity contribution is 4.90. The van der Waals surface area contributed by atoms with Crippen molar-refractivity contribution < 1.29 is 14.9 Å². The number of azide groups is 1. The summed E-state index contributed by atoms with van der Waals surface area (Å²) in [4.78, 5) is 2.57. The van der Waals surface area contributed by atoms with E-state index < -0.39 is 18.2 Å². The van der Waals surface area contributed by atoms with Crippen LogP contribution in [0, 0.1) is 0 Å². The van der Waals surface area contributed by atoms with Crippen LogP contribution in [-0.4, -0.2) is 41.2 Å². The van der Waals surface area contributed by atoms with Gasteiger partial charge in [0.15, 0.2) is 0 Å². The molecule has 12 heavy (non-hydrogen) atoms. The van der Waals surface area contributed by atoms with E-state index in [-0.39, 0.29) is 12.7 Å². The highest BCUT2D eigenvalue weighted by atomic mass is 16.5. The second-order valence-corrected chi connectivity index (χ2v) is 2.79. The summed E-state index contributed by atoms with van der Waals surface area (Å²) in [6.07, 6.45) is -2.33. The minimum atomic E-state index is -1.02. The number of aliphatic hydroxyl groups excluding tert-OH is 2. The largest absolute Gasteiger partial charge is 0.390 e. The highest BCUT2D eigenvalue weighted by Crippen LogP contribution is 2.18. The van der Waals surface area contributed by atoms with Gasteiger partial charge >= 0.3 is 0 Å². The Balaban J connectivity index is 2.71. The Morgan fingerprint density at radius 3 is 2.83 bits per heavy atom. The van der Waals surface area contributed by atoms with Gasteiger partial charge in [-0.15, -0.1) is 0 Å². The third-order valence-corrected chi connectivity index (χ3v) is 1.94. The van der Waals surface area contributed by atoms with E-state index in [1.807, 2.05) is 0 Å². The van der Waals surface area contributed by atoms with Gasteiger partial charge in [0.1, 0.15) is 6.10 Å². The summed E-state index contributed by atoms with van der Waals surface area (Å²) in [5.74, 6) is 0. The lowest BCUT2D eigenvalue weighted by molar-refractivity contribution is -0.127. The Hall–Kier alpha value is -0.810. The summed E-state index contributed by atoms with van der Waals surface area (Å²) in [6, 6.07) is -0.696. The van der Waals surface area contributed by atoms with Crippen molar-refractivity contribution in [3.8, 4) is 0 Å². The molecule has 6 nitrogen and oxygen atoms in total. The van der Waals surface area contributed by atoms with Gasteiger partial charge in [-0.25, -0.2) is 0 Å². The molecule has 0 aromatic carbocycles. The fourth-order valence-electron chi connectivity index (χ4n) is 1.17. The molecule has 0 unspecified atom stereocenters. The molecule has 68 valence electrons. The van der Waals surface area contributed by atoms with E-state index in [4.69, 9.17) is 15.4 Å². The molecule has 0 aromatic heterocycles. The topological polar surface area (TPSA) is 98.5 Å². The normalized spacial score (nSPS) is 41.9. The first kappa shape index (κ1) is 9.28. The van der Waals surface area contributed by atoms with Crippen molar-refractivity contribution in [2.24, 2.45) is 5.11 Å². The maximum Gasteiger partial charge on any atom is 0.104 e. The molecule has 6 heteroatoms. The molecular weight excluding hydrogens is 162 g/mol. The second kappa shape index (κ2) is 3.73. The maximum absolute atomic E-state index is 9.34. The molecule has 1 rings (SSSR count). The van der Waals surface area contributed by atoms with E-state index >= 15 is 0 Å². The average Bonchev–Trinajstić information content (AvgIpc) is 2.06. The van der Waals surface area contributed by atoms with Crippen LogP contribution >= 0.6 is 0 Å². The van der Waals surface area contributed by atoms with Gasteiger partial charge in [-0.05, 0) is 12.5 Å². The fraction of sp³-hybridized carbons (Fsp3) is 1.00. The van der Waals surface area contributed by atoms with Crippen molar-refractivity contribution in [2.45, 2.75) is 31.3 Å². The highest BCUT2D eigenvalue weighted by Gasteiger charge is 2.35. The van der Waals surface area contributed by atoms with Crippen molar-refractivity contribution in [1.29, 1.82) is 0 Å². The lowest BCUT2D eigenvalue weighted by Crippen LogP contribution is -2.50. The summed E-state index contributed by atoms with van der Waals surface area (Å²) in [5.41, 5.74) is 8.15. The smallest absolute Gasteiger partial charge is 0.104 e. The van der Waals surface area contributed by atoms with Crippen molar-refractivity contribution in [3.05, 3.63) is 10.4 Å². The van der Waals surface area contributed by atoms with Crippen LogP contribution in [0.25, 0.3) is 10.4 Å². The Morgan fingerprint density at radius 1 is 1.58 bits per heavy atom. The van der Waals surface area contributed by atoms with Crippen LogP contribution in [-0.2, 0) is 4.74 Å². The predicted octanol–water partition coefficient (Wildman–Crippen LogP) is -0.194. The molecule has 0 radical (unpaired) electrons. The molecule has 2 N–H and O–H groups in total. The quantitative estimate of drug-likeness (QED) is 0.326. The third-order valence-electron chi connectivity index (χ3n) is 1.94. The van der Waals surface area contributed by atoms with Gasteiger partial charge in [0, 0.05) is 4.91 Å².